The van der Waals surface area contributed by atoms with Gasteiger partial charge in [0.2, 0.25) is 0 Å². The minimum Gasteiger partial charge on any atom is -0.393 e. The van der Waals surface area contributed by atoms with Gasteiger partial charge in [0.05, 0.1) is 6.10 Å². The van der Waals surface area contributed by atoms with E-state index in [0.29, 0.717) is 5.92 Å². The van der Waals surface area contributed by atoms with Crippen LogP contribution < -0.4 is 0 Å². The third-order valence-electron chi connectivity index (χ3n) is 3.62. The molecule has 0 bridgehead atoms. The van der Waals surface area contributed by atoms with Crippen LogP contribution in [0.25, 0.3) is 0 Å². The lowest BCUT2D eigenvalue weighted by molar-refractivity contribution is 0.0958. The van der Waals surface area contributed by atoms with Gasteiger partial charge in [-0.1, -0.05) is 25.3 Å². The molecule has 1 saturated carbocycles. The average Bonchev–Trinajstić information content (AvgIpc) is 2.53. The molecule has 2 rings (SSSR count). The lowest BCUT2D eigenvalue weighted by Gasteiger charge is -2.19. The maximum atomic E-state index is 10.0. The number of hydrogen-bond donors (Lipinski definition) is 1. The van der Waals surface area contributed by atoms with Crippen molar-refractivity contribution in [2.75, 3.05) is 0 Å². The Kier molecular flexibility index (Phi) is 4.34. The molecule has 1 aromatic rings. The van der Waals surface area contributed by atoms with Gasteiger partial charge < -0.3 is 5.11 Å². The maximum absolute atomic E-state index is 10.0. The summed E-state index contributed by atoms with van der Waals surface area (Å²) in [7, 11) is 0. The monoisotopic (exact) mass is 219 g/mol. The number of aliphatic hydroxyl groups excluding tert-OH is 1. The van der Waals surface area contributed by atoms with E-state index in [1.54, 1.807) is 0 Å². The van der Waals surface area contributed by atoms with Gasteiger partial charge in [0.15, 0.2) is 0 Å². The minimum absolute atomic E-state index is 0.0776. The molecule has 2 unspecified atom stereocenters. The van der Waals surface area contributed by atoms with Gasteiger partial charge in [-0.15, -0.1) is 0 Å². The van der Waals surface area contributed by atoms with E-state index in [9.17, 15) is 5.11 Å². The Morgan fingerprint density at radius 2 is 2.06 bits per heavy atom. The topological polar surface area (TPSA) is 33.1 Å². The highest BCUT2D eigenvalue weighted by Crippen LogP contribution is 2.26. The van der Waals surface area contributed by atoms with Gasteiger partial charge in [-0.2, -0.15) is 0 Å². The Bertz CT molecular complexity index is 299. The Morgan fingerprint density at radius 3 is 2.88 bits per heavy atom. The number of rotatable bonds is 3. The number of aromatic nitrogens is 1. The summed E-state index contributed by atoms with van der Waals surface area (Å²) in [6.07, 6.45) is 9.80. The molecule has 1 heterocycles. The van der Waals surface area contributed by atoms with E-state index < -0.39 is 0 Å². The Labute approximate surface area is 97.7 Å². The zero-order valence-electron chi connectivity index (χ0n) is 9.81. The van der Waals surface area contributed by atoms with Gasteiger partial charge in [0, 0.05) is 11.9 Å². The van der Waals surface area contributed by atoms with Crippen LogP contribution >= 0.6 is 0 Å². The second kappa shape index (κ2) is 6.00. The molecule has 1 fully saturated rings. The first-order valence-electron chi connectivity index (χ1n) is 6.44. The fourth-order valence-electron chi connectivity index (χ4n) is 2.58. The van der Waals surface area contributed by atoms with Gasteiger partial charge in [0.25, 0.3) is 0 Å². The first kappa shape index (κ1) is 11.6. The molecule has 0 spiro atoms. The molecule has 1 aromatic heterocycles. The molecule has 1 aliphatic rings. The highest BCUT2D eigenvalue weighted by Gasteiger charge is 2.21. The van der Waals surface area contributed by atoms with Crippen LogP contribution in [0.2, 0.25) is 0 Å². The second-order valence-electron chi connectivity index (χ2n) is 4.83. The quantitative estimate of drug-likeness (QED) is 0.793. The van der Waals surface area contributed by atoms with E-state index in [0.717, 1.165) is 25.0 Å². The minimum atomic E-state index is -0.0776. The highest BCUT2D eigenvalue weighted by atomic mass is 16.3. The average molecular weight is 219 g/mol. The molecular weight excluding hydrogens is 198 g/mol. The van der Waals surface area contributed by atoms with Crippen LogP contribution in [0, 0.1) is 5.92 Å². The van der Waals surface area contributed by atoms with Gasteiger partial charge in [-0.3, -0.25) is 4.98 Å². The summed E-state index contributed by atoms with van der Waals surface area (Å²) < 4.78 is 0. The number of pyridine rings is 1. The molecular formula is C14H21NO. The summed E-state index contributed by atoms with van der Waals surface area (Å²) in [4.78, 5) is 4.33. The largest absolute Gasteiger partial charge is 0.393 e. The fourth-order valence-corrected chi connectivity index (χ4v) is 2.58. The van der Waals surface area contributed by atoms with Crippen molar-refractivity contribution >= 4 is 0 Å². The second-order valence-corrected chi connectivity index (χ2v) is 4.83. The van der Waals surface area contributed by atoms with E-state index in [2.05, 4.69) is 11.1 Å². The molecule has 88 valence electrons. The number of hydrogen-bond acceptors (Lipinski definition) is 2. The van der Waals surface area contributed by atoms with Crippen molar-refractivity contribution < 1.29 is 5.11 Å². The number of nitrogens with zero attached hydrogens (tertiary/aromatic N) is 1. The summed E-state index contributed by atoms with van der Waals surface area (Å²) in [6.45, 7) is 0. The van der Waals surface area contributed by atoms with E-state index in [-0.39, 0.29) is 6.10 Å². The highest BCUT2D eigenvalue weighted by molar-refractivity contribution is 5.03. The zero-order valence-corrected chi connectivity index (χ0v) is 9.81. The first-order chi connectivity index (χ1) is 7.86. The maximum Gasteiger partial charge on any atom is 0.0568 e. The molecule has 1 aliphatic carbocycles. The summed E-state index contributed by atoms with van der Waals surface area (Å²) in [5.74, 6) is 0.490. The molecule has 0 aliphatic heterocycles. The lowest BCUT2D eigenvalue weighted by Crippen LogP contribution is -2.19. The van der Waals surface area contributed by atoms with Gasteiger partial charge >= 0.3 is 0 Å². The molecule has 2 nitrogen and oxygen atoms in total. The van der Waals surface area contributed by atoms with E-state index in [1.165, 1.54) is 25.7 Å². The molecule has 2 heteroatoms. The lowest BCUT2D eigenvalue weighted by atomic mass is 9.91. The first-order valence-corrected chi connectivity index (χ1v) is 6.44. The summed E-state index contributed by atoms with van der Waals surface area (Å²) in [5.41, 5.74) is 1.15. The fraction of sp³-hybridized carbons (Fsp3) is 0.643. The third-order valence-corrected chi connectivity index (χ3v) is 3.62. The molecule has 0 aromatic carbocycles. The smallest absolute Gasteiger partial charge is 0.0568 e. The van der Waals surface area contributed by atoms with Crippen LogP contribution in [-0.4, -0.2) is 16.2 Å². The summed E-state index contributed by atoms with van der Waals surface area (Å²) in [6, 6.07) is 6.05. The van der Waals surface area contributed by atoms with Crippen molar-refractivity contribution in [3.05, 3.63) is 30.1 Å². The Morgan fingerprint density at radius 1 is 1.19 bits per heavy atom. The van der Waals surface area contributed by atoms with Crippen molar-refractivity contribution in [2.24, 2.45) is 5.92 Å². The number of aliphatic hydroxyl groups is 1. The molecule has 2 atom stereocenters. The van der Waals surface area contributed by atoms with Crippen LogP contribution in [0.3, 0.4) is 0 Å². The molecule has 0 radical (unpaired) electrons. The van der Waals surface area contributed by atoms with Gasteiger partial charge in [-0.05, 0) is 43.7 Å². The Balaban J connectivity index is 1.84. The Hall–Kier alpha value is -0.890. The van der Waals surface area contributed by atoms with Crippen molar-refractivity contribution in [2.45, 2.75) is 51.0 Å². The van der Waals surface area contributed by atoms with Crippen molar-refractivity contribution in [3.8, 4) is 0 Å². The van der Waals surface area contributed by atoms with Crippen LogP contribution in [0.15, 0.2) is 24.4 Å². The molecule has 1 N–H and O–H groups in total. The molecule has 0 saturated heterocycles. The zero-order chi connectivity index (χ0) is 11.2. The SMILES string of the molecule is OC1CCCCCC1CCc1ccccn1. The van der Waals surface area contributed by atoms with Crippen molar-refractivity contribution in [1.82, 2.24) is 4.98 Å². The van der Waals surface area contributed by atoms with Crippen molar-refractivity contribution in [1.29, 1.82) is 0 Å². The van der Waals surface area contributed by atoms with Gasteiger partial charge in [0.1, 0.15) is 0 Å². The van der Waals surface area contributed by atoms with Crippen LogP contribution in [-0.2, 0) is 6.42 Å². The predicted molar refractivity (Wildman–Crippen MR) is 65.1 cm³/mol. The molecule has 0 amide bonds. The van der Waals surface area contributed by atoms with Crippen LogP contribution in [0.5, 0.6) is 0 Å². The van der Waals surface area contributed by atoms with E-state index in [1.807, 2.05) is 18.3 Å². The number of aryl methyl sites for hydroxylation is 1. The summed E-state index contributed by atoms with van der Waals surface area (Å²) >= 11 is 0. The summed E-state index contributed by atoms with van der Waals surface area (Å²) in [5, 5.41) is 10.0. The molecule has 16 heavy (non-hydrogen) atoms. The van der Waals surface area contributed by atoms with E-state index >= 15 is 0 Å². The van der Waals surface area contributed by atoms with E-state index in [4.69, 9.17) is 0 Å². The third kappa shape index (κ3) is 3.31. The van der Waals surface area contributed by atoms with Crippen molar-refractivity contribution in [3.63, 3.8) is 0 Å². The predicted octanol–water partition coefficient (Wildman–Crippen LogP) is 2.96. The van der Waals surface area contributed by atoms with Crippen LogP contribution in [0.1, 0.15) is 44.2 Å². The van der Waals surface area contributed by atoms with Gasteiger partial charge in [-0.25, -0.2) is 0 Å². The van der Waals surface area contributed by atoms with Crippen LogP contribution in [0.4, 0.5) is 0 Å². The normalized spacial score (nSPS) is 26.3. The standard InChI is InChI=1S/C14H21NO/c16-14-8-3-1-2-6-12(14)9-10-13-7-4-5-11-15-13/h4-5,7,11-12,14,16H,1-3,6,8-10H2.